The molecule has 0 fully saturated rings. The van der Waals surface area contributed by atoms with Gasteiger partial charge in [0, 0.05) is 31.4 Å². The SMILES string of the molecule is CC(CN)C(=O)NCc1ccc(-n2ccnc2)c(F)c1.Cl.Cl. The van der Waals surface area contributed by atoms with Crippen LogP contribution in [0.3, 0.4) is 0 Å². The van der Waals surface area contributed by atoms with E-state index in [-0.39, 0.29) is 49.0 Å². The highest BCUT2D eigenvalue weighted by Gasteiger charge is 2.11. The Morgan fingerprint density at radius 3 is 2.73 bits per heavy atom. The van der Waals surface area contributed by atoms with E-state index in [1.54, 1.807) is 36.0 Å². The number of aromatic nitrogens is 2. The Morgan fingerprint density at radius 1 is 1.45 bits per heavy atom. The van der Waals surface area contributed by atoms with Crippen LogP contribution in [0.15, 0.2) is 36.9 Å². The van der Waals surface area contributed by atoms with Gasteiger partial charge in [-0.25, -0.2) is 9.37 Å². The first-order chi connectivity index (χ1) is 9.61. The number of carbonyl (C=O) groups is 1. The molecular formula is C14H19Cl2FN4O. The monoisotopic (exact) mass is 348 g/mol. The van der Waals surface area contributed by atoms with E-state index in [2.05, 4.69) is 10.3 Å². The molecule has 1 heterocycles. The fourth-order valence-electron chi connectivity index (χ4n) is 1.74. The van der Waals surface area contributed by atoms with Crippen LogP contribution in [-0.2, 0) is 11.3 Å². The summed E-state index contributed by atoms with van der Waals surface area (Å²) >= 11 is 0. The minimum Gasteiger partial charge on any atom is -0.352 e. The fraction of sp³-hybridized carbons (Fsp3) is 0.286. The van der Waals surface area contributed by atoms with E-state index in [1.165, 1.54) is 12.4 Å². The molecule has 0 spiro atoms. The van der Waals surface area contributed by atoms with Gasteiger partial charge in [-0.15, -0.1) is 24.8 Å². The number of imidazole rings is 1. The highest BCUT2D eigenvalue weighted by molar-refractivity contribution is 5.85. The average Bonchev–Trinajstić information content (AvgIpc) is 2.97. The van der Waals surface area contributed by atoms with Crippen molar-refractivity contribution >= 4 is 30.7 Å². The molecule has 0 bridgehead atoms. The van der Waals surface area contributed by atoms with Crippen LogP contribution in [0.2, 0.25) is 0 Å². The average molecular weight is 349 g/mol. The van der Waals surface area contributed by atoms with Crippen molar-refractivity contribution in [2.75, 3.05) is 6.54 Å². The smallest absolute Gasteiger partial charge is 0.224 e. The van der Waals surface area contributed by atoms with Crippen molar-refractivity contribution in [1.29, 1.82) is 0 Å². The van der Waals surface area contributed by atoms with Crippen LogP contribution in [-0.4, -0.2) is 22.0 Å². The summed E-state index contributed by atoms with van der Waals surface area (Å²) in [6, 6.07) is 4.83. The third-order valence-electron chi connectivity index (χ3n) is 3.06. The molecule has 1 aromatic heterocycles. The van der Waals surface area contributed by atoms with Gasteiger partial charge in [-0.2, -0.15) is 0 Å². The summed E-state index contributed by atoms with van der Waals surface area (Å²) in [6.07, 6.45) is 4.79. The van der Waals surface area contributed by atoms with Gasteiger partial charge in [0.25, 0.3) is 0 Å². The molecule has 0 saturated heterocycles. The van der Waals surface area contributed by atoms with E-state index in [0.29, 0.717) is 17.8 Å². The first-order valence-electron chi connectivity index (χ1n) is 6.36. The zero-order chi connectivity index (χ0) is 14.5. The van der Waals surface area contributed by atoms with Gasteiger partial charge in [-0.3, -0.25) is 4.79 Å². The molecule has 5 nitrogen and oxygen atoms in total. The van der Waals surface area contributed by atoms with Gasteiger partial charge in [0.2, 0.25) is 5.91 Å². The first-order valence-corrected chi connectivity index (χ1v) is 6.36. The molecule has 0 aliphatic rings. The lowest BCUT2D eigenvalue weighted by Gasteiger charge is -2.11. The van der Waals surface area contributed by atoms with Crippen LogP contribution in [0.25, 0.3) is 5.69 Å². The Bertz CT molecular complexity index is 593. The Hall–Kier alpha value is -1.63. The largest absolute Gasteiger partial charge is 0.352 e. The zero-order valence-electron chi connectivity index (χ0n) is 12.0. The summed E-state index contributed by atoms with van der Waals surface area (Å²) in [5.41, 5.74) is 6.53. The lowest BCUT2D eigenvalue weighted by Crippen LogP contribution is -2.32. The molecule has 0 saturated carbocycles. The molecular weight excluding hydrogens is 330 g/mol. The molecule has 0 radical (unpaired) electrons. The molecule has 1 aromatic carbocycles. The Balaban J connectivity index is 0.00000220. The van der Waals surface area contributed by atoms with Crippen LogP contribution in [0.4, 0.5) is 4.39 Å². The number of nitrogens with two attached hydrogens (primary N) is 1. The summed E-state index contributed by atoms with van der Waals surface area (Å²) in [6.45, 7) is 2.32. The molecule has 0 aliphatic heterocycles. The normalized spacial score (nSPS) is 11.0. The standard InChI is InChI=1S/C14H17FN4O.2ClH/c1-10(7-16)14(20)18-8-11-2-3-13(12(15)6-11)19-5-4-17-9-19;;/h2-6,9-10H,7-8,16H2,1H3,(H,18,20);2*1H. The number of nitrogens with zero attached hydrogens (tertiary/aromatic N) is 2. The van der Waals surface area contributed by atoms with E-state index in [0.717, 1.165) is 0 Å². The zero-order valence-corrected chi connectivity index (χ0v) is 13.7. The lowest BCUT2D eigenvalue weighted by atomic mass is 10.1. The second kappa shape index (κ2) is 9.40. The van der Waals surface area contributed by atoms with Crippen LogP contribution in [0.5, 0.6) is 0 Å². The number of halogens is 3. The highest BCUT2D eigenvalue weighted by atomic mass is 35.5. The molecule has 0 aliphatic carbocycles. The van der Waals surface area contributed by atoms with Crippen molar-refractivity contribution in [2.24, 2.45) is 11.7 Å². The van der Waals surface area contributed by atoms with Gasteiger partial charge in [-0.05, 0) is 17.7 Å². The number of benzene rings is 1. The minimum absolute atomic E-state index is 0. The van der Waals surface area contributed by atoms with Gasteiger partial charge < -0.3 is 15.6 Å². The Morgan fingerprint density at radius 2 is 2.18 bits per heavy atom. The molecule has 1 unspecified atom stereocenters. The van der Waals surface area contributed by atoms with E-state index in [9.17, 15) is 9.18 Å². The predicted molar refractivity (Wildman–Crippen MR) is 88.1 cm³/mol. The fourth-order valence-corrected chi connectivity index (χ4v) is 1.74. The second-order valence-corrected chi connectivity index (χ2v) is 4.61. The molecule has 1 amide bonds. The molecule has 22 heavy (non-hydrogen) atoms. The van der Waals surface area contributed by atoms with Crippen LogP contribution in [0.1, 0.15) is 12.5 Å². The Kier molecular flexibility index (Phi) is 8.70. The van der Waals surface area contributed by atoms with Crippen molar-refractivity contribution in [3.63, 3.8) is 0 Å². The second-order valence-electron chi connectivity index (χ2n) is 4.61. The summed E-state index contributed by atoms with van der Waals surface area (Å²) in [5.74, 6) is -0.738. The Labute approximate surface area is 140 Å². The van der Waals surface area contributed by atoms with E-state index in [1.807, 2.05) is 0 Å². The number of hydrogen-bond acceptors (Lipinski definition) is 3. The van der Waals surface area contributed by atoms with E-state index in [4.69, 9.17) is 5.73 Å². The minimum atomic E-state index is -0.360. The van der Waals surface area contributed by atoms with Crippen molar-refractivity contribution in [3.8, 4) is 5.69 Å². The maximum atomic E-state index is 14.0. The third kappa shape index (κ3) is 4.98. The van der Waals surface area contributed by atoms with Crippen molar-refractivity contribution < 1.29 is 9.18 Å². The number of carbonyl (C=O) groups excluding carboxylic acids is 1. The van der Waals surface area contributed by atoms with Gasteiger partial charge >= 0.3 is 0 Å². The maximum absolute atomic E-state index is 14.0. The van der Waals surface area contributed by atoms with Crippen LogP contribution >= 0.6 is 24.8 Å². The number of nitrogens with one attached hydrogen (secondary N) is 1. The van der Waals surface area contributed by atoms with Gasteiger partial charge in [0.05, 0.1) is 12.0 Å². The van der Waals surface area contributed by atoms with Crippen molar-refractivity contribution in [1.82, 2.24) is 14.9 Å². The van der Waals surface area contributed by atoms with Crippen LogP contribution in [0, 0.1) is 11.7 Å². The summed E-state index contributed by atoms with van der Waals surface area (Å²) in [5, 5.41) is 2.73. The van der Waals surface area contributed by atoms with Gasteiger partial charge in [-0.1, -0.05) is 13.0 Å². The third-order valence-corrected chi connectivity index (χ3v) is 3.06. The topological polar surface area (TPSA) is 72.9 Å². The molecule has 3 N–H and O–H groups in total. The van der Waals surface area contributed by atoms with Crippen molar-refractivity contribution in [2.45, 2.75) is 13.5 Å². The molecule has 8 heteroatoms. The molecule has 2 aromatic rings. The number of amides is 1. The summed E-state index contributed by atoms with van der Waals surface area (Å²) in [4.78, 5) is 15.5. The number of hydrogen-bond donors (Lipinski definition) is 2. The van der Waals surface area contributed by atoms with E-state index < -0.39 is 0 Å². The number of rotatable bonds is 5. The summed E-state index contributed by atoms with van der Waals surface area (Å²) in [7, 11) is 0. The first kappa shape index (κ1) is 20.4. The highest BCUT2D eigenvalue weighted by Crippen LogP contribution is 2.14. The molecule has 1 atom stereocenters. The summed E-state index contributed by atoms with van der Waals surface area (Å²) < 4.78 is 15.6. The van der Waals surface area contributed by atoms with Gasteiger partial charge in [0.15, 0.2) is 0 Å². The predicted octanol–water partition coefficient (Wildman–Crippen LogP) is 2.07. The van der Waals surface area contributed by atoms with E-state index >= 15 is 0 Å². The quantitative estimate of drug-likeness (QED) is 0.868. The van der Waals surface area contributed by atoms with Crippen LogP contribution < -0.4 is 11.1 Å². The molecule has 2 rings (SSSR count). The van der Waals surface area contributed by atoms with Crippen molar-refractivity contribution in [3.05, 3.63) is 48.3 Å². The maximum Gasteiger partial charge on any atom is 0.224 e. The van der Waals surface area contributed by atoms with Gasteiger partial charge in [0.1, 0.15) is 5.82 Å². The molecule has 122 valence electrons. The lowest BCUT2D eigenvalue weighted by molar-refractivity contribution is -0.124.